The van der Waals surface area contributed by atoms with Gasteiger partial charge in [-0.25, -0.2) is 17.4 Å². The molecule has 0 aliphatic carbocycles. The molecule has 0 spiro atoms. The quantitative estimate of drug-likeness (QED) is 0.863. The van der Waals surface area contributed by atoms with Crippen LogP contribution in [0.3, 0.4) is 0 Å². The minimum absolute atomic E-state index is 0.230. The first-order valence-electron chi connectivity index (χ1n) is 6.43. The van der Waals surface area contributed by atoms with E-state index in [0.717, 1.165) is 24.1 Å². The minimum Gasteiger partial charge on any atom is -0.249 e. The van der Waals surface area contributed by atoms with Crippen molar-refractivity contribution in [1.82, 2.24) is 19.3 Å². The molecular formula is C12H16N4O2S2. The summed E-state index contributed by atoms with van der Waals surface area (Å²) >= 11 is 1.63. The summed E-state index contributed by atoms with van der Waals surface area (Å²) < 4.78 is 26.4. The summed E-state index contributed by atoms with van der Waals surface area (Å²) in [6, 6.07) is 2.25. The van der Waals surface area contributed by atoms with Crippen LogP contribution >= 0.6 is 11.3 Å². The number of hydrogen-bond acceptors (Lipinski definition) is 5. The van der Waals surface area contributed by atoms with Crippen LogP contribution in [0.2, 0.25) is 0 Å². The number of aromatic nitrogens is 3. The normalized spacial score (nSPS) is 18.4. The van der Waals surface area contributed by atoms with E-state index in [1.165, 1.54) is 10.6 Å². The predicted molar refractivity (Wildman–Crippen MR) is 78.0 cm³/mol. The molecule has 1 aliphatic rings. The van der Waals surface area contributed by atoms with E-state index in [-0.39, 0.29) is 6.04 Å². The zero-order valence-electron chi connectivity index (χ0n) is 11.1. The van der Waals surface area contributed by atoms with Crippen LogP contribution < -0.4 is 0 Å². The van der Waals surface area contributed by atoms with Gasteiger partial charge in [0.1, 0.15) is 5.69 Å². The molecule has 0 radical (unpaired) electrons. The van der Waals surface area contributed by atoms with Crippen molar-refractivity contribution in [2.75, 3.05) is 19.3 Å². The summed E-state index contributed by atoms with van der Waals surface area (Å²) in [6.07, 6.45) is 4.76. The molecule has 0 unspecified atom stereocenters. The molecule has 0 saturated carbocycles. The lowest BCUT2D eigenvalue weighted by Crippen LogP contribution is -2.38. The zero-order valence-corrected chi connectivity index (χ0v) is 12.8. The number of thiophene rings is 1. The molecule has 1 fully saturated rings. The van der Waals surface area contributed by atoms with Gasteiger partial charge in [0.2, 0.25) is 10.0 Å². The van der Waals surface area contributed by atoms with Crippen LogP contribution in [-0.2, 0) is 10.0 Å². The first-order chi connectivity index (χ1) is 9.54. The Labute approximate surface area is 122 Å². The van der Waals surface area contributed by atoms with E-state index in [9.17, 15) is 8.42 Å². The van der Waals surface area contributed by atoms with E-state index in [4.69, 9.17) is 0 Å². The minimum atomic E-state index is -3.07. The third-order valence-corrected chi connectivity index (χ3v) is 5.58. The second kappa shape index (κ2) is 5.27. The van der Waals surface area contributed by atoms with Gasteiger partial charge in [-0.15, -0.1) is 5.10 Å². The molecule has 2 aromatic rings. The smallest absolute Gasteiger partial charge is 0.211 e. The lowest BCUT2D eigenvalue weighted by Gasteiger charge is -2.29. The largest absolute Gasteiger partial charge is 0.249 e. The molecule has 0 N–H and O–H groups in total. The fraction of sp³-hybridized carbons (Fsp3) is 0.500. The Morgan fingerprint density at radius 2 is 2.10 bits per heavy atom. The molecule has 0 aromatic carbocycles. The van der Waals surface area contributed by atoms with Gasteiger partial charge in [0, 0.05) is 24.0 Å². The summed E-state index contributed by atoms with van der Waals surface area (Å²) in [4.78, 5) is 0. The Bertz CT molecular complexity index is 670. The maximum absolute atomic E-state index is 11.5. The van der Waals surface area contributed by atoms with Crippen molar-refractivity contribution in [2.24, 2.45) is 0 Å². The van der Waals surface area contributed by atoms with Gasteiger partial charge in [0.15, 0.2) is 0 Å². The van der Waals surface area contributed by atoms with Gasteiger partial charge in [0.25, 0.3) is 0 Å². The monoisotopic (exact) mass is 312 g/mol. The lowest BCUT2D eigenvalue weighted by atomic mass is 10.1. The first-order valence-corrected chi connectivity index (χ1v) is 9.22. The molecule has 3 heterocycles. The predicted octanol–water partition coefficient (Wildman–Crippen LogP) is 1.60. The van der Waals surface area contributed by atoms with Gasteiger partial charge in [-0.3, -0.25) is 0 Å². The van der Waals surface area contributed by atoms with E-state index in [1.807, 2.05) is 27.7 Å². The number of nitrogens with zero attached hydrogens (tertiary/aromatic N) is 4. The average molecular weight is 312 g/mol. The Hall–Kier alpha value is -1.25. The zero-order chi connectivity index (χ0) is 14.2. The number of sulfonamides is 1. The third kappa shape index (κ3) is 2.77. The summed E-state index contributed by atoms with van der Waals surface area (Å²) in [5.74, 6) is 0. The van der Waals surface area contributed by atoms with Crippen LogP contribution in [0.5, 0.6) is 0 Å². The number of hydrogen-bond donors (Lipinski definition) is 0. The molecule has 108 valence electrons. The van der Waals surface area contributed by atoms with Crippen LogP contribution in [0.25, 0.3) is 11.3 Å². The molecule has 20 heavy (non-hydrogen) atoms. The highest BCUT2D eigenvalue weighted by Crippen LogP contribution is 2.25. The third-order valence-electron chi connectivity index (χ3n) is 3.59. The van der Waals surface area contributed by atoms with Gasteiger partial charge >= 0.3 is 0 Å². The van der Waals surface area contributed by atoms with Crippen LogP contribution in [0, 0.1) is 0 Å². The molecule has 1 saturated heterocycles. The fourth-order valence-electron chi connectivity index (χ4n) is 2.44. The topological polar surface area (TPSA) is 68.1 Å². The molecular weight excluding hydrogens is 296 g/mol. The molecule has 8 heteroatoms. The fourth-order valence-corrected chi connectivity index (χ4v) is 3.96. The lowest BCUT2D eigenvalue weighted by molar-refractivity contribution is 0.259. The molecule has 0 amide bonds. The van der Waals surface area contributed by atoms with Gasteiger partial charge in [-0.2, -0.15) is 11.3 Å². The second-order valence-electron chi connectivity index (χ2n) is 4.99. The summed E-state index contributed by atoms with van der Waals surface area (Å²) in [7, 11) is -3.07. The van der Waals surface area contributed by atoms with Crippen molar-refractivity contribution in [3.8, 4) is 11.3 Å². The van der Waals surface area contributed by atoms with Crippen LogP contribution in [0.4, 0.5) is 0 Å². The van der Waals surface area contributed by atoms with Gasteiger partial charge in [-0.1, -0.05) is 5.21 Å². The number of rotatable bonds is 3. The Balaban J connectivity index is 1.70. The maximum atomic E-state index is 11.5. The average Bonchev–Trinajstić information content (AvgIpc) is 3.09. The van der Waals surface area contributed by atoms with Crippen molar-refractivity contribution >= 4 is 21.4 Å². The Kier molecular flexibility index (Phi) is 3.61. The van der Waals surface area contributed by atoms with Crippen LogP contribution in [0.1, 0.15) is 18.9 Å². The summed E-state index contributed by atoms with van der Waals surface area (Å²) in [5, 5.41) is 12.4. The molecule has 3 rings (SSSR count). The van der Waals surface area contributed by atoms with Crippen LogP contribution in [0.15, 0.2) is 23.0 Å². The molecule has 1 aliphatic heterocycles. The highest BCUT2D eigenvalue weighted by atomic mass is 32.2. The van der Waals surface area contributed by atoms with Crippen molar-refractivity contribution in [2.45, 2.75) is 18.9 Å². The van der Waals surface area contributed by atoms with Crippen molar-refractivity contribution in [3.05, 3.63) is 23.0 Å². The van der Waals surface area contributed by atoms with Crippen LogP contribution in [-0.4, -0.2) is 47.1 Å². The highest BCUT2D eigenvalue weighted by molar-refractivity contribution is 7.88. The van der Waals surface area contributed by atoms with E-state index in [1.54, 1.807) is 11.3 Å². The van der Waals surface area contributed by atoms with Crippen molar-refractivity contribution in [1.29, 1.82) is 0 Å². The van der Waals surface area contributed by atoms with Gasteiger partial charge in [0.05, 0.1) is 18.5 Å². The Morgan fingerprint density at radius 1 is 1.35 bits per heavy atom. The van der Waals surface area contributed by atoms with E-state index >= 15 is 0 Å². The van der Waals surface area contributed by atoms with E-state index < -0.39 is 10.0 Å². The maximum Gasteiger partial charge on any atom is 0.211 e. The summed E-state index contributed by atoms with van der Waals surface area (Å²) in [5.41, 5.74) is 1.95. The molecule has 0 atom stereocenters. The Morgan fingerprint density at radius 3 is 2.70 bits per heavy atom. The second-order valence-corrected chi connectivity index (χ2v) is 7.75. The SMILES string of the molecule is CS(=O)(=O)N1CCC(n2cc(-c3ccsc3)nn2)CC1. The standard InChI is InChI=1S/C12H16N4O2S2/c1-20(17,18)15-5-2-11(3-6-15)16-8-12(13-14-16)10-4-7-19-9-10/h4,7-9,11H,2-3,5-6H2,1H3. The van der Waals surface area contributed by atoms with E-state index in [2.05, 4.69) is 10.3 Å². The first kappa shape index (κ1) is 13.7. The molecule has 6 nitrogen and oxygen atoms in total. The van der Waals surface area contributed by atoms with Gasteiger partial charge < -0.3 is 0 Å². The van der Waals surface area contributed by atoms with Gasteiger partial charge in [-0.05, 0) is 24.3 Å². The van der Waals surface area contributed by atoms with Crippen molar-refractivity contribution in [3.63, 3.8) is 0 Å². The summed E-state index contributed by atoms with van der Waals surface area (Å²) in [6.45, 7) is 1.11. The van der Waals surface area contributed by atoms with E-state index in [0.29, 0.717) is 13.1 Å². The highest BCUT2D eigenvalue weighted by Gasteiger charge is 2.26. The van der Waals surface area contributed by atoms with Crippen molar-refractivity contribution < 1.29 is 8.42 Å². The molecule has 2 aromatic heterocycles. The molecule has 0 bridgehead atoms. The number of piperidine rings is 1.